The fourth-order valence-corrected chi connectivity index (χ4v) is 1.54. The lowest BCUT2D eigenvalue weighted by atomic mass is 9.92. The Balaban J connectivity index is 0.00000144. The lowest BCUT2D eigenvalue weighted by Crippen LogP contribution is -2.41. The van der Waals surface area contributed by atoms with Crippen LogP contribution < -0.4 is 11.1 Å². The zero-order valence-electron chi connectivity index (χ0n) is 7.53. The third-order valence-electron chi connectivity index (χ3n) is 2.28. The predicted molar refractivity (Wildman–Crippen MR) is 52.7 cm³/mol. The van der Waals surface area contributed by atoms with Gasteiger partial charge < -0.3 is 16.2 Å². The molecule has 4 nitrogen and oxygen atoms in total. The van der Waals surface area contributed by atoms with E-state index in [1.807, 2.05) is 0 Å². The first-order chi connectivity index (χ1) is 5.72. The Morgan fingerprint density at radius 1 is 1.38 bits per heavy atom. The van der Waals surface area contributed by atoms with Crippen molar-refractivity contribution in [3.63, 3.8) is 0 Å². The Morgan fingerprint density at radius 3 is 2.38 bits per heavy atom. The van der Waals surface area contributed by atoms with Crippen molar-refractivity contribution < 1.29 is 9.90 Å². The molecule has 0 aromatic heterocycles. The molecule has 0 radical (unpaired) electrons. The van der Waals surface area contributed by atoms with Crippen molar-refractivity contribution in [3.05, 3.63) is 0 Å². The number of hydrogen-bond acceptors (Lipinski definition) is 3. The molecule has 1 aliphatic rings. The molecule has 4 N–H and O–H groups in total. The number of rotatable bonds is 2. The monoisotopic (exact) mass is 208 g/mol. The van der Waals surface area contributed by atoms with Gasteiger partial charge in [-0.15, -0.1) is 12.4 Å². The minimum absolute atomic E-state index is 0. The number of carbonyl (C=O) groups is 1. The minimum atomic E-state index is -0.414. The fraction of sp³-hybridized carbons (Fsp3) is 0.875. The van der Waals surface area contributed by atoms with E-state index < -0.39 is 6.61 Å². The zero-order valence-corrected chi connectivity index (χ0v) is 8.35. The van der Waals surface area contributed by atoms with Crippen molar-refractivity contribution in [2.24, 2.45) is 5.73 Å². The molecule has 13 heavy (non-hydrogen) atoms. The summed E-state index contributed by atoms with van der Waals surface area (Å²) in [6.45, 7) is -0.414. The largest absolute Gasteiger partial charge is 0.387 e. The number of amides is 1. The molecule has 0 saturated heterocycles. The van der Waals surface area contributed by atoms with Crippen LogP contribution in [0.25, 0.3) is 0 Å². The van der Waals surface area contributed by atoms with E-state index in [1.165, 1.54) is 0 Å². The van der Waals surface area contributed by atoms with E-state index in [0.717, 1.165) is 25.7 Å². The summed E-state index contributed by atoms with van der Waals surface area (Å²) in [6.07, 6.45) is 3.81. The number of halogens is 1. The molecule has 0 bridgehead atoms. The van der Waals surface area contributed by atoms with Gasteiger partial charge in [0.2, 0.25) is 5.91 Å². The molecule has 0 heterocycles. The van der Waals surface area contributed by atoms with E-state index in [4.69, 9.17) is 10.8 Å². The number of carbonyl (C=O) groups excluding carboxylic acids is 1. The Kier molecular flexibility index (Phi) is 6.03. The van der Waals surface area contributed by atoms with Crippen LogP contribution in [0.4, 0.5) is 0 Å². The van der Waals surface area contributed by atoms with E-state index in [-0.39, 0.29) is 24.4 Å². The summed E-state index contributed by atoms with van der Waals surface area (Å²) in [6, 6.07) is 0.525. The highest BCUT2D eigenvalue weighted by atomic mass is 35.5. The van der Waals surface area contributed by atoms with Crippen molar-refractivity contribution in [2.45, 2.75) is 37.8 Å². The van der Waals surface area contributed by atoms with E-state index in [1.54, 1.807) is 0 Å². The minimum Gasteiger partial charge on any atom is -0.387 e. The maximum absolute atomic E-state index is 10.8. The van der Waals surface area contributed by atoms with Crippen LogP contribution in [0.15, 0.2) is 0 Å². The van der Waals surface area contributed by atoms with Crippen LogP contribution in [0.5, 0.6) is 0 Å². The normalized spacial score (nSPS) is 27.5. The van der Waals surface area contributed by atoms with Crippen LogP contribution in [0.3, 0.4) is 0 Å². The van der Waals surface area contributed by atoms with Crippen molar-refractivity contribution >= 4 is 18.3 Å². The second kappa shape index (κ2) is 6.18. The summed E-state index contributed by atoms with van der Waals surface area (Å²) in [7, 11) is 0. The molecule has 0 atom stereocenters. The van der Waals surface area contributed by atoms with Crippen LogP contribution >= 0.6 is 12.4 Å². The third-order valence-corrected chi connectivity index (χ3v) is 2.28. The third kappa shape index (κ3) is 4.45. The van der Waals surface area contributed by atoms with Gasteiger partial charge in [-0.25, -0.2) is 0 Å². The van der Waals surface area contributed by atoms with Crippen molar-refractivity contribution in [2.75, 3.05) is 6.61 Å². The number of aliphatic hydroxyl groups excluding tert-OH is 1. The van der Waals surface area contributed by atoms with Crippen LogP contribution in [-0.4, -0.2) is 29.7 Å². The molecule has 5 heteroatoms. The average molecular weight is 209 g/mol. The second-order valence-corrected chi connectivity index (χ2v) is 3.34. The van der Waals surface area contributed by atoms with Gasteiger partial charge in [0.1, 0.15) is 6.61 Å². The van der Waals surface area contributed by atoms with E-state index >= 15 is 0 Å². The summed E-state index contributed by atoms with van der Waals surface area (Å²) in [4.78, 5) is 10.8. The number of aliphatic hydroxyl groups is 1. The van der Waals surface area contributed by atoms with Crippen LogP contribution in [0.1, 0.15) is 25.7 Å². The first-order valence-corrected chi connectivity index (χ1v) is 4.38. The maximum Gasteiger partial charge on any atom is 0.245 e. The molecular formula is C8H17ClN2O2. The molecule has 0 spiro atoms. The van der Waals surface area contributed by atoms with Crippen LogP contribution in [-0.2, 0) is 4.79 Å². The van der Waals surface area contributed by atoms with Gasteiger partial charge in [-0.2, -0.15) is 0 Å². The lowest BCUT2D eigenvalue weighted by molar-refractivity contribution is -0.124. The topological polar surface area (TPSA) is 75.3 Å². The summed E-state index contributed by atoms with van der Waals surface area (Å²) >= 11 is 0. The van der Waals surface area contributed by atoms with Crippen molar-refractivity contribution in [1.82, 2.24) is 5.32 Å². The van der Waals surface area contributed by atoms with Crippen LogP contribution in [0, 0.1) is 0 Å². The first-order valence-electron chi connectivity index (χ1n) is 4.38. The average Bonchev–Trinajstić information content (AvgIpc) is 2.09. The highest BCUT2D eigenvalue weighted by Crippen LogP contribution is 2.16. The smallest absolute Gasteiger partial charge is 0.245 e. The molecule has 1 amide bonds. The van der Waals surface area contributed by atoms with Crippen molar-refractivity contribution in [3.8, 4) is 0 Å². The molecule has 1 aliphatic carbocycles. The quantitative estimate of drug-likeness (QED) is 0.588. The Hall–Kier alpha value is -0.320. The summed E-state index contributed by atoms with van der Waals surface area (Å²) in [5.74, 6) is -0.282. The highest BCUT2D eigenvalue weighted by Gasteiger charge is 2.19. The van der Waals surface area contributed by atoms with Crippen LogP contribution in [0.2, 0.25) is 0 Å². The lowest BCUT2D eigenvalue weighted by Gasteiger charge is -2.26. The molecule has 0 unspecified atom stereocenters. The van der Waals surface area contributed by atoms with Gasteiger partial charge in [-0.1, -0.05) is 0 Å². The number of hydrogen-bond donors (Lipinski definition) is 3. The zero-order chi connectivity index (χ0) is 8.97. The van der Waals surface area contributed by atoms with Gasteiger partial charge in [0.15, 0.2) is 0 Å². The van der Waals surface area contributed by atoms with E-state index in [0.29, 0.717) is 6.04 Å². The van der Waals surface area contributed by atoms with Gasteiger partial charge in [0, 0.05) is 12.1 Å². The van der Waals surface area contributed by atoms with Gasteiger partial charge in [-0.3, -0.25) is 4.79 Å². The molecule has 0 aliphatic heterocycles. The Labute approximate surface area is 84.3 Å². The second-order valence-electron chi connectivity index (χ2n) is 3.34. The summed E-state index contributed by atoms with van der Waals surface area (Å²) < 4.78 is 0. The number of nitrogens with two attached hydrogens (primary N) is 1. The van der Waals surface area contributed by atoms with Gasteiger partial charge in [0.05, 0.1) is 0 Å². The molecule has 0 aromatic carbocycles. The maximum atomic E-state index is 10.8. The molecule has 78 valence electrons. The molecular weight excluding hydrogens is 192 g/mol. The molecule has 0 aromatic rings. The summed E-state index contributed by atoms with van der Waals surface area (Å²) in [5, 5.41) is 11.2. The number of nitrogens with one attached hydrogen (secondary N) is 1. The highest BCUT2D eigenvalue weighted by molar-refractivity contribution is 5.85. The Morgan fingerprint density at radius 2 is 1.92 bits per heavy atom. The van der Waals surface area contributed by atoms with Gasteiger partial charge in [-0.05, 0) is 25.7 Å². The molecule has 1 fully saturated rings. The summed E-state index contributed by atoms with van der Waals surface area (Å²) in [5.41, 5.74) is 5.70. The predicted octanol–water partition coefficient (Wildman–Crippen LogP) is -0.213. The molecule has 1 saturated carbocycles. The fourth-order valence-electron chi connectivity index (χ4n) is 1.54. The van der Waals surface area contributed by atoms with Crippen molar-refractivity contribution in [1.29, 1.82) is 0 Å². The van der Waals surface area contributed by atoms with Gasteiger partial charge >= 0.3 is 0 Å². The molecule has 1 rings (SSSR count). The van der Waals surface area contributed by atoms with Gasteiger partial charge in [0.25, 0.3) is 0 Å². The SMILES string of the molecule is Cl.NC1CCC(NC(=O)CO)CC1. The Bertz CT molecular complexity index is 158. The van der Waals surface area contributed by atoms with E-state index in [9.17, 15) is 4.79 Å². The van der Waals surface area contributed by atoms with E-state index in [2.05, 4.69) is 5.32 Å². The standard InChI is InChI=1S/C8H16N2O2.ClH/c9-6-1-3-7(4-2-6)10-8(12)5-11;/h6-7,11H,1-5,9H2,(H,10,12);1H. The first kappa shape index (κ1) is 12.7.